The highest BCUT2D eigenvalue weighted by Crippen LogP contribution is 2.17. The zero-order chi connectivity index (χ0) is 11.3. The monoisotopic (exact) mass is 204 g/mol. The van der Waals surface area contributed by atoms with E-state index >= 15 is 0 Å². The molecule has 4 heteroatoms. The van der Waals surface area contributed by atoms with Crippen LogP contribution in [0.3, 0.4) is 0 Å². The summed E-state index contributed by atoms with van der Waals surface area (Å²) in [5.74, 6) is -0.401. The maximum atomic E-state index is 11.5. The van der Waals surface area contributed by atoms with Gasteiger partial charge in [-0.1, -0.05) is 11.6 Å². The minimum atomic E-state index is -0.355. The lowest BCUT2D eigenvalue weighted by molar-refractivity contribution is 0.0952. The molecule has 0 bridgehead atoms. The van der Waals surface area contributed by atoms with Crippen LogP contribution in [0.1, 0.15) is 22.3 Å². The van der Waals surface area contributed by atoms with Gasteiger partial charge in [-0.15, -0.1) is 0 Å². The summed E-state index contributed by atoms with van der Waals surface area (Å²) in [6.45, 7) is 2.13. The molecule has 0 aliphatic heterocycles. The quantitative estimate of drug-likeness (QED) is 0.730. The lowest BCUT2D eigenvalue weighted by Gasteiger charge is -2.05. The Bertz CT molecular complexity index is 408. The van der Waals surface area contributed by atoms with Crippen LogP contribution in [0.2, 0.25) is 0 Å². The van der Waals surface area contributed by atoms with Crippen LogP contribution in [0.25, 0.3) is 0 Å². The summed E-state index contributed by atoms with van der Waals surface area (Å²) in [6.07, 6.45) is 0.262. The molecule has 1 amide bonds. The minimum Gasteiger partial charge on any atom is -0.507 e. The van der Waals surface area contributed by atoms with Crippen molar-refractivity contribution in [2.24, 2.45) is 0 Å². The Morgan fingerprint density at radius 2 is 2.33 bits per heavy atom. The summed E-state index contributed by atoms with van der Waals surface area (Å²) in [4.78, 5) is 11.5. The molecule has 0 unspecified atom stereocenters. The molecule has 0 saturated heterocycles. The number of benzene rings is 1. The third-order valence-electron chi connectivity index (χ3n) is 1.92. The largest absolute Gasteiger partial charge is 0.507 e. The van der Waals surface area contributed by atoms with E-state index in [1.807, 2.05) is 13.0 Å². The van der Waals surface area contributed by atoms with E-state index < -0.39 is 0 Å². The molecule has 0 atom stereocenters. The van der Waals surface area contributed by atoms with Crippen LogP contribution in [-0.2, 0) is 0 Å². The first-order valence-corrected chi connectivity index (χ1v) is 4.60. The molecule has 0 aliphatic rings. The normalized spacial score (nSPS) is 9.33. The zero-order valence-corrected chi connectivity index (χ0v) is 8.45. The van der Waals surface area contributed by atoms with E-state index in [9.17, 15) is 9.90 Å². The van der Waals surface area contributed by atoms with E-state index in [2.05, 4.69) is 5.32 Å². The van der Waals surface area contributed by atoms with Gasteiger partial charge in [0.2, 0.25) is 0 Å². The Morgan fingerprint density at radius 1 is 1.60 bits per heavy atom. The van der Waals surface area contributed by atoms with E-state index in [0.717, 1.165) is 5.56 Å². The highest BCUT2D eigenvalue weighted by molar-refractivity contribution is 5.96. The van der Waals surface area contributed by atoms with Gasteiger partial charge in [0.15, 0.2) is 0 Å². The van der Waals surface area contributed by atoms with Crippen LogP contribution >= 0.6 is 0 Å². The molecular formula is C11H12N2O2. The van der Waals surface area contributed by atoms with E-state index in [4.69, 9.17) is 5.26 Å². The first-order chi connectivity index (χ1) is 7.15. The van der Waals surface area contributed by atoms with Gasteiger partial charge in [-0.05, 0) is 19.1 Å². The Kier molecular flexibility index (Phi) is 3.69. The molecule has 0 heterocycles. The summed E-state index contributed by atoms with van der Waals surface area (Å²) in [7, 11) is 0. The molecule has 4 nitrogen and oxygen atoms in total. The molecule has 0 spiro atoms. The summed E-state index contributed by atoms with van der Waals surface area (Å²) in [5, 5.41) is 20.3. The van der Waals surface area contributed by atoms with E-state index in [1.54, 1.807) is 12.1 Å². The van der Waals surface area contributed by atoms with Crippen molar-refractivity contribution in [2.75, 3.05) is 6.54 Å². The van der Waals surface area contributed by atoms with Crippen molar-refractivity contribution in [2.45, 2.75) is 13.3 Å². The first kappa shape index (κ1) is 11.1. The lowest BCUT2D eigenvalue weighted by Crippen LogP contribution is -2.24. The number of carbonyl (C=O) groups is 1. The van der Waals surface area contributed by atoms with E-state index in [-0.39, 0.29) is 23.6 Å². The van der Waals surface area contributed by atoms with Gasteiger partial charge in [0.1, 0.15) is 5.75 Å². The molecule has 15 heavy (non-hydrogen) atoms. The van der Waals surface area contributed by atoms with Crippen LogP contribution in [0.5, 0.6) is 5.75 Å². The SMILES string of the molecule is Cc1ccc(O)c(C(=O)NCCC#N)c1. The number of aryl methyl sites for hydroxylation is 1. The Labute approximate surface area is 88.2 Å². The number of hydrogen-bond donors (Lipinski definition) is 2. The molecule has 0 fully saturated rings. The fourth-order valence-corrected chi connectivity index (χ4v) is 1.16. The second-order valence-corrected chi connectivity index (χ2v) is 3.18. The predicted octanol–water partition coefficient (Wildman–Crippen LogP) is 1.34. The Morgan fingerprint density at radius 3 is 3.00 bits per heavy atom. The van der Waals surface area contributed by atoms with Gasteiger partial charge in [0, 0.05) is 6.54 Å². The molecule has 0 aromatic heterocycles. The van der Waals surface area contributed by atoms with Crippen LogP contribution in [0.4, 0.5) is 0 Å². The van der Waals surface area contributed by atoms with E-state index in [1.165, 1.54) is 6.07 Å². The number of nitriles is 1. The fraction of sp³-hybridized carbons (Fsp3) is 0.273. The highest BCUT2D eigenvalue weighted by atomic mass is 16.3. The molecule has 78 valence electrons. The van der Waals surface area contributed by atoms with E-state index in [0.29, 0.717) is 6.54 Å². The number of nitrogens with one attached hydrogen (secondary N) is 1. The summed E-state index contributed by atoms with van der Waals surface area (Å²) in [5.41, 5.74) is 1.14. The summed E-state index contributed by atoms with van der Waals surface area (Å²) < 4.78 is 0. The van der Waals surface area contributed by atoms with Crippen molar-refractivity contribution >= 4 is 5.91 Å². The molecular weight excluding hydrogens is 192 g/mol. The maximum absolute atomic E-state index is 11.5. The molecule has 1 rings (SSSR count). The molecule has 0 radical (unpaired) electrons. The van der Waals surface area contributed by atoms with Crippen LogP contribution in [-0.4, -0.2) is 17.6 Å². The Hall–Kier alpha value is -2.02. The summed E-state index contributed by atoms with van der Waals surface area (Å²) >= 11 is 0. The lowest BCUT2D eigenvalue weighted by atomic mass is 10.1. The second-order valence-electron chi connectivity index (χ2n) is 3.18. The van der Waals surface area contributed by atoms with Crippen LogP contribution in [0.15, 0.2) is 18.2 Å². The molecule has 2 N–H and O–H groups in total. The first-order valence-electron chi connectivity index (χ1n) is 4.60. The highest BCUT2D eigenvalue weighted by Gasteiger charge is 2.09. The van der Waals surface area contributed by atoms with Crippen molar-refractivity contribution in [3.63, 3.8) is 0 Å². The van der Waals surface area contributed by atoms with Crippen molar-refractivity contribution in [1.29, 1.82) is 5.26 Å². The van der Waals surface area contributed by atoms with Crippen LogP contribution < -0.4 is 5.32 Å². The number of nitrogens with zero attached hydrogens (tertiary/aromatic N) is 1. The van der Waals surface area contributed by atoms with Crippen molar-refractivity contribution in [3.8, 4) is 11.8 Å². The maximum Gasteiger partial charge on any atom is 0.255 e. The molecule has 0 aliphatic carbocycles. The standard InChI is InChI=1S/C11H12N2O2/c1-8-3-4-10(14)9(7-8)11(15)13-6-2-5-12/h3-4,7,14H,2,6H2,1H3,(H,13,15). The number of carbonyl (C=O) groups excluding carboxylic acids is 1. The fourth-order valence-electron chi connectivity index (χ4n) is 1.16. The number of hydrogen-bond acceptors (Lipinski definition) is 3. The second kappa shape index (κ2) is 5.01. The number of aromatic hydroxyl groups is 1. The number of phenolic OH excluding ortho intramolecular Hbond substituents is 1. The van der Waals surface area contributed by atoms with Gasteiger partial charge >= 0.3 is 0 Å². The van der Waals surface area contributed by atoms with Crippen LogP contribution in [0, 0.1) is 18.3 Å². The van der Waals surface area contributed by atoms with Crippen molar-refractivity contribution in [1.82, 2.24) is 5.32 Å². The zero-order valence-electron chi connectivity index (χ0n) is 8.45. The van der Waals surface area contributed by atoms with Gasteiger partial charge in [0.05, 0.1) is 18.1 Å². The third-order valence-corrected chi connectivity index (χ3v) is 1.92. The third kappa shape index (κ3) is 2.99. The molecule has 1 aromatic rings. The van der Waals surface area contributed by atoms with Gasteiger partial charge in [0.25, 0.3) is 5.91 Å². The van der Waals surface area contributed by atoms with Gasteiger partial charge in [-0.3, -0.25) is 4.79 Å². The molecule has 0 saturated carbocycles. The average Bonchev–Trinajstić information content (AvgIpc) is 2.22. The predicted molar refractivity (Wildman–Crippen MR) is 55.4 cm³/mol. The summed E-state index contributed by atoms with van der Waals surface area (Å²) in [6, 6.07) is 6.74. The minimum absolute atomic E-state index is 0.0462. The average molecular weight is 204 g/mol. The van der Waals surface area contributed by atoms with Gasteiger partial charge in [-0.25, -0.2) is 0 Å². The number of amides is 1. The smallest absolute Gasteiger partial charge is 0.255 e. The number of phenols is 1. The van der Waals surface area contributed by atoms with Gasteiger partial charge < -0.3 is 10.4 Å². The topological polar surface area (TPSA) is 73.1 Å². The van der Waals surface area contributed by atoms with Crippen molar-refractivity contribution < 1.29 is 9.90 Å². The van der Waals surface area contributed by atoms with Crippen molar-refractivity contribution in [3.05, 3.63) is 29.3 Å². The number of rotatable bonds is 3. The van der Waals surface area contributed by atoms with Gasteiger partial charge in [-0.2, -0.15) is 5.26 Å². The molecule has 1 aromatic carbocycles. The Balaban J connectivity index is 2.73.